The summed E-state index contributed by atoms with van der Waals surface area (Å²) in [5.74, 6) is 0. The molecular formula is C13H12Br2N2O2S. The van der Waals surface area contributed by atoms with Gasteiger partial charge in [-0.05, 0) is 33.1 Å². The molecule has 0 fully saturated rings. The van der Waals surface area contributed by atoms with Gasteiger partial charge in [0.15, 0.2) is 0 Å². The number of aromatic nitrogens is 1. The molecule has 0 saturated carbocycles. The summed E-state index contributed by atoms with van der Waals surface area (Å²) in [6.45, 7) is 0.246. The zero-order chi connectivity index (χ0) is 14.6. The van der Waals surface area contributed by atoms with E-state index in [2.05, 4.69) is 41.6 Å². The summed E-state index contributed by atoms with van der Waals surface area (Å²) in [4.78, 5) is 4.00. The number of nitrogens with zero attached hydrogens (tertiary/aromatic N) is 1. The van der Waals surface area contributed by atoms with Crippen molar-refractivity contribution in [1.82, 2.24) is 9.71 Å². The number of hydrogen-bond acceptors (Lipinski definition) is 3. The highest BCUT2D eigenvalue weighted by Gasteiger charge is 2.14. The normalized spacial score (nSPS) is 11.5. The summed E-state index contributed by atoms with van der Waals surface area (Å²) in [6.07, 6.45) is 2.86. The first kappa shape index (κ1) is 15.6. The van der Waals surface area contributed by atoms with Gasteiger partial charge in [0.1, 0.15) is 4.90 Å². The van der Waals surface area contributed by atoms with Crippen LogP contribution in [0.4, 0.5) is 0 Å². The van der Waals surface area contributed by atoms with Crippen LogP contribution in [0, 0.1) is 0 Å². The molecular weight excluding hydrogens is 408 g/mol. The van der Waals surface area contributed by atoms with Crippen LogP contribution in [0.15, 0.2) is 52.1 Å². The Labute approximate surface area is 134 Å². The average molecular weight is 420 g/mol. The molecule has 0 spiro atoms. The van der Waals surface area contributed by atoms with Crippen LogP contribution < -0.4 is 4.72 Å². The molecule has 106 valence electrons. The molecule has 1 N–H and O–H groups in total. The van der Waals surface area contributed by atoms with Gasteiger partial charge >= 0.3 is 0 Å². The van der Waals surface area contributed by atoms with Crippen LogP contribution in [0.3, 0.4) is 0 Å². The first-order valence-electron chi connectivity index (χ1n) is 5.75. The summed E-state index contributed by atoms with van der Waals surface area (Å²) in [5.41, 5.74) is 2.01. The van der Waals surface area contributed by atoms with Crippen molar-refractivity contribution < 1.29 is 8.42 Å². The fraction of sp³-hybridized carbons (Fsp3) is 0.154. The monoisotopic (exact) mass is 418 g/mol. The molecule has 4 nitrogen and oxygen atoms in total. The van der Waals surface area contributed by atoms with E-state index in [0.717, 1.165) is 16.5 Å². The van der Waals surface area contributed by atoms with Crippen LogP contribution in [0.25, 0.3) is 0 Å². The Morgan fingerprint density at radius 3 is 2.60 bits per heavy atom. The highest BCUT2D eigenvalue weighted by atomic mass is 79.9. The molecule has 7 heteroatoms. The van der Waals surface area contributed by atoms with Crippen LogP contribution >= 0.6 is 31.9 Å². The first-order valence-corrected chi connectivity index (χ1v) is 9.15. The van der Waals surface area contributed by atoms with Gasteiger partial charge in [-0.25, -0.2) is 13.1 Å². The SMILES string of the molecule is O=S(=O)(NCc1cccc(CBr)c1)c1cncc(Br)c1. The number of alkyl halides is 1. The van der Waals surface area contributed by atoms with Gasteiger partial charge in [-0.15, -0.1) is 0 Å². The quantitative estimate of drug-likeness (QED) is 0.757. The zero-order valence-corrected chi connectivity index (χ0v) is 14.4. The van der Waals surface area contributed by atoms with Crippen LogP contribution in [-0.4, -0.2) is 13.4 Å². The maximum atomic E-state index is 12.1. The molecule has 0 aliphatic rings. The molecule has 0 aliphatic carbocycles. The van der Waals surface area contributed by atoms with Gasteiger partial charge in [0.2, 0.25) is 10.0 Å². The third-order valence-corrected chi connectivity index (χ3v) is 5.05. The Morgan fingerprint density at radius 1 is 1.15 bits per heavy atom. The Hall–Kier alpha value is -0.760. The van der Waals surface area contributed by atoms with Gasteiger partial charge in [0, 0.05) is 28.7 Å². The van der Waals surface area contributed by atoms with Gasteiger partial charge in [0.25, 0.3) is 0 Å². The van der Waals surface area contributed by atoms with Gasteiger partial charge in [-0.3, -0.25) is 4.98 Å². The van der Waals surface area contributed by atoms with E-state index in [1.165, 1.54) is 12.3 Å². The third-order valence-electron chi connectivity index (χ3n) is 2.60. The highest BCUT2D eigenvalue weighted by Crippen LogP contribution is 2.15. The standard InChI is InChI=1S/C13H12Br2N2O2S/c14-6-10-2-1-3-11(4-10)7-17-20(18,19)13-5-12(15)8-16-9-13/h1-5,8-9,17H,6-7H2. The van der Waals surface area contributed by atoms with E-state index in [0.29, 0.717) is 4.47 Å². The number of rotatable bonds is 5. The molecule has 0 saturated heterocycles. The molecule has 0 amide bonds. The Balaban J connectivity index is 2.13. The Morgan fingerprint density at radius 2 is 1.90 bits per heavy atom. The minimum Gasteiger partial charge on any atom is -0.262 e. The van der Waals surface area contributed by atoms with E-state index in [-0.39, 0.29) is 11.4 Å². The fourth-order valence-corrected chi connectivity index (χ4v) is 3.49. The van der Waals surface area contributed by atoms with E-state index < -0.39 is 10.0 Å². The van der Waals surface area contributed by atoms with Crippen molar-refractivity contribution in [3.63, 3.8) is 0 Å². The largest absolute Gasteiger partial charge is 0.262 e. The lowest BCUT2D eigenvalue weighted by molar-refractivity contribution is 0.581. The molecule has 2 aromatic rings. The predicted octanol–water partition coefficient (Wildman–Crippen LogP) is 3.22. The second kappa shape index (κ2) is 6.80. The molecule has 0 aliphatic heterocycles. The molecule has 1 heterocycles. The zero-order valence-electron chi connectivity index (χ0n) is 10.4. The number of hydrogen-bond donors (Lipinski definition) is 1. The Kier molecular flexibility index (Phi) is 5.31. The van der Waals surface area contributed by atoms with Crippen molar-refractivity contribution in [2.45, 2.75) is 16.8 Å². The number of benzene rings is 1. The fourth-order valence-electron chi connectivity index (χ4n) is 1.62. The molecule has 20 heavy (non-hydrogen) atoms. The van der Waals surface area contributed by atoms with E-state index in [1.807, 2.05) is 24.3 Å². The maximum Gasteiger partial charge on any atom is 0.242 e. The highest BCUT2D eigenvalue weighted by molar-refractivity contribution is 9.10. The van der Waals surface area contributed by atoms with E-state index >= 15 is 0 Å². The number of nitrogens with one attached hydrogen (secondary N) is 1. The van der Waals surface area contributed by atoms with Crippen molar-refractivity contribution >= 4 is 41.9 Å². The predicted molar refractivity (Wildman–Crippen MR) is 85.0 cm³/mol. The summed E-state index contributed by atoms with van der Waals surface area (Å²) in [5, 5.41) is 0.739. The van der Waals surface area contributed by atoms with E-state index in [9.17, 15) is 8.42 Å². The van der Waals surface area contributed by atoms with Crippen molar-refractivity contribution in [2.75, 3.05) is 0 Å². The third kappa shape index (κ3) is 4.12. The summed E-state index contributed by atoms with van der Waals surface area (Å²) >= 11 is 6.58. The Bertz CT molecular complexity index is 705. The van der Waals surface area contributed by atoms with Crippen molar-refractivity contribution in [1.29, 1.82) is 0 Å². The van der Waals surface area contributed by atoms with E-state index in [1.54, 1.807) is 6.20 Å². The second-order valence-corrected chi connectivity index (χ2v) is 7.36. The molecule has 2 rings (SSSR count). The van der Waals surface area contributed by atoms with Gasteiger partial charge in [-0.1, -0.05) is 40.2 Å². The van der Waals surface area contributed by atoms with Gasteiger partial charge in [-0.2, -0.15) is 0 Å². The molecule has 0 bridgehead atoms. The van der Waals surface area contributed by atoms with Crippen LogP contribution in [0.2, 0.25) is 0 Å². The molecule has 1 aromatic carbocycles. The lowest BCUT2D eigenvalue weighted by atomic mass is 10.1. The molecule has 0 unspecified atom stereocenters. The van der Waals surface area contributed by atoms with Crippen molar-refractivity contribution in [3.8, 4) is 0 Å². The summed E-state index contributed by atoms with van der Waals surface area (Å²) in [6, 6.07) is 9.24. The second-order valence-electron chi connectivity index (χ2n) is 4.12. The number of halogens is 2. The molecule has 0 atom stereocenters. The lowest BCUT2D eigenvalue weighted by Gasteiger charge is -2.07. The minimum absolute atomic E-state index is 0.142. The first-order chi connectivity index (χ1) is 9.51. The maximum absolute atomic E-state index is 12.1. The lowest BCUT2D eigenvalue weighted by Crippen LogP contribution is -2.23. The molecule has 0 radical (unpaired) electrons. The van der Waals surface area contributed by atoms with Gasteiger partial charge in [0.05, 0.1) is 0 Å². The summed E-state index contributed by atoms with van der Waals surface area (Å²) in [7, 11) is -3.55. The number of sulfonamides is 1. The summed E-state index contributed by atoms with van der Waals surface area (Å²) < 4.78 is 27.5. The minimum atomic E-state index is -3.55. The van der Waals surface area contributed by atoms with Crippen LogP contribution in [0.1, 0.15) is 11.1 Å². The van der Waals surface area contributed by atoms with Crippen LogP contribution in [0.5, 0.6) is 0 Å². The topological polar surface area (TPSA) is 59.1 Å². The molecule has 1 aromatic heterocycles. The van der Waals surface area contributed by atoms with E-state index in [4.69, 9.17) is 0 Å². The average Bonchev–Trinajstić information content (AvgIpc) is 2.45. The smallest absolute Gasteiger partial charge is 0.242 e. The number of pyridine rings is 1. The van der Waals surface area contributed by atoms with Gasteiger partial charge < -0.3 is 0 Å². The van der Waals surface area contributed by atoms with Crippen molar-refractivity contribution in [2.24, 2.45) is 0 Å². The van der Waals surface area contributed by atoms with Crippen molar-refractivity contribution in [3.05, 3.63) is 58.3 Å². The van der Waals surface area contributed by atoms with Crippen LogP contribution in [-0.2, 0) is 21.9 Å².